The van der Waals surface area contributed by atoms with Gasteiger partial charge in [-0.1, -0.05) is 0 Å². The zero-order chi connectivity index (χ0) is 9.68. The quantitative estimate of drug-likeness (QED) is 0.695. The summed E-state index contributed by atoms with van der Waals surface area (Å²) in [5, 5.41) is 10.5. The summed E-state index contributed by atoms with van der Waals surface area (Å²) < 4.78 is 0. The Morgan fingerprint density at radius 2 is 2.38 bits per heavy atom. The first-order chi connectivity index (χ1) is 6.31. The summed E-state index contributed by atoms with van der Waals surface area (Å²) in [4.78, 5) is 4.13. The summed E-state index contributed by atoms with van der Waals surface area (Å²) in [6, 6.07) is 5.60. The largest absolute Gasteiger partial charge is 0.293 e. The van der Waals surface area contributed by atoms with Gasteiger partial charge in [0.2, 0.25) is 0 Å². The lowest BCUT2D eigenvalue weighted by Gasteiger charge is -2.19. The molecule has 0 radical (unpaired) electrons. The molecule has 0 aromatic carbocycles. The van der Waals surface area contributed by atoms with E-state index in [9.17, 15) is 0 Å². The molecule has 4 heteroatoms. The maximum absolute atomic E-state index is 8.56. The van der Waals surface area contributed by atoms with Crippen molar-refractivity contribution in [1.82, 2.24) is 10.4 Å². The maximum Gasteiger partial charge on any atom is 0.142 e. The van der Waals surface area contributed by atoms with Crippen LogP contribution in [-0.2, 0) is 0 Å². The number of aromatic nitrogens is 1. The van der Waals surface area contributed by atoms with Crippen LogP contribution in [0.2, 0.25) is 0 Å². The second-order valence-corrected chi connectivity index (χ2v) is 2.48. The zero-order valence-electron chi connectivity index (χ0n) is 7.78. The third-order valence-corrected chi connectivity index (χ3v) is 1.74. The van der Waals surface area contributed by atoms with Crippen LogP contribution < -0.4 is 10.4 Å². The first-order valence-corrected chi connectivity index (χ1v) is 4.13. The standard InChI is InChI=1S/C9H12N4/c1-3-13(11-2)9-5-4-8(6-10)7-12-9/h4-5,7,11H,3H2,1-2H3. The van der Waals surface area contributed by atoms with Crippen molar-refractivity contribution in [1.29, 1.82) is 5.26 Å². The predicted octanol–water partition coefficient (Wildman–Crippen LogP) is 0.914. The molecule has 4 nitrogen and oxygen atoms in total. The fourth-order valence-corrected chi connectivity index (χ4v) is 1.05. The Labute approximate surface area is 77.8 Å². The molecule has 1 aromatic heterocycles. The molecule has 0 aliphatic heterocycles. The van der Waals surface area contributed by atoms with E-state index in [2.05, 4.69) is 10.4 Å². The molecule has 0 spiro atoms. The van der Waals surface area contributed by atoms with Gasteiger partial charge in [0.25, 0.3) is 0 Å². The first-order valence-electron chi connectivity index (χ1n) is 4.13. The van der Waals surface area contributed by atoms with E-state index in [4.69, 9.17) is 5.26 Å². The van der Waals surface area contributed by atoms with Crippen molar-refractivity contribution in [3.63, 3.8) is 0 Å². The number of rotatable bonds is 3. The highest BCUT2D eigenvalue weighted by Gasteiger charge is 2.01. The molecule has 0 bridgehead atoms. The van der Waals surface area contributed by atoms with E-state index in [0.717, 1.165) is 12.4 Å². The molecule has 0 atom stereocenters. The number of hydrogen-bond donors (Lipinski definition) is 1. The molecule has 0 amide bonds. The number of nitriles is 1. The average Bonchev–Trinajstić information content (AvgIpc) is 2.21. The van der Waals surface area contributed by atoms with Gasteiger partial charge >= 0.3 is 0 Å². The Morgan fingerprint density at radius 3 is 2.77 bits per heavy atom. The number of hydrogen-bond acceptors (Lipinski definition) is 4. The summed E-state index contributed by atoms with van der Waals surface area (Å²) in [6.07, 6.45) is 1.56. The second kappa shape index (κ2) is 4.43. The second-order valence-electron chi connectivity index (χ2n) is 2.48. The Balaban J connectivity index is 2.85. The minimum absolute atomic E-state index is 0.580. The Hall–Kier alpha value is -1.60. The number of pyridine rings is 1. The molecular formula is C9H12N4. The monoisotopic (exact) mass is 176 g/mol. The van der Waals surface area contributed by atoms with Crippen LogP contribution in [0.4, 0.5) is 5.82 Å². The van der Waals surface area contributed by atoms with Gasteiger partial charge in [-0.3, -0.25) is 5.01 Å². The molecule has 0 saturated heterocycles. The fourth-order valence-electron chi connectivity index (χ4n) is 1.05. The normalized spacial score (nSPS) is 9.31. The number of hydrazine groups is 1. The van der Waals surface area contributed by atoms with Crippen LogP contribution in [0.25, 0.3) is 0 Å². The molecule has 13 heavy (non-hydrogen) atoms. The molecule has 0 aliphatic carbocycles. The molecule has 0 saturated carbocycles. The van der Waals surface area contributed by atoms with Gasteiger partial charge < -0.3 is 0 Å². The van der Waals surface area contributed by atoms with Crippen LogP contribution in [0.1, 0.15) is 12.5 Å². The van der Waals surface area contributed by atoms with Crippen molar-refractivity contribution in [2.45, 2.75) is 6.92 Å². The van der Waals surface area contributed by atoms with E-state index in [1.807, 2.05) is 31.1 Å². The molecule has 0 fully saturated rings. The van der Waals surface area contributed by atoms with E-state index >= 15 is 0 Å². The van der Waals surface area contributed by atoms with Gasteiger partial charge in [-0.25, -0.2) is 10.4 Å². The van der Waals surface area contributed by atoms with Crippen molar-refractivity contribution in [3.8, 4) is 6.07 Å². The van der Waals surface area contributed by atoms with Gasteiger partial charge in [-0.15, -0.1) is 0 Å². The molecule has 0 aliphatic rings. The minimum atomic E-state index is 0.580. The topological polar surface area (TPSA) is 52.0 Å². The minimum Gasteiger partial charge on any atom is -0.293 e. The lowest BCUT2D eigenvalue weighted by atomic mass is 10.3. The molecule has 0 unspecified atom stereocenters. The van der Waals surface area contributed by atoms with E-state index in [1.165, 1.54) is 0 Å². The molecule has 1 aromatic rings. The highest BCUT2D eigenvalue weighted by molar-refractivity contribution is 5.40. The first kappa shape index (κ1) is 9.49. The summed E-state index contributed by atoms with van der Waals surface area (Å²) in [6.45, 7) is 2.85. The Kier molecular flexibility index (Phi) is 3.23. The fraction of sp³-hybridized carbons (Fsp3) is 0.333. The smallest absolute Gasteiger partial charge is 0.142 e. The summed E-state index contributed by atoms with van der Waals surface area (Å²) >= 11 is 0. The van der Waals surface area contributed by atoms with Crippen LogP contribution in [0.15, 0.2) is 18.3 Å². The number of anilines is 1. The number of nitrogens with zero attached hydrogens (tertiary/aromatic N) is 3. The molecule has 68 valence electrons. The van der Waals surface area contributed by atoms with Crippen LogP contribution in [0.5, 0.6) is 0 Å². The van der Waals surface area contributed by atoms with E-state index in [1.54, 1.807) is 12.3 Å². The highest BCUT2D eigenvalue weighted by Crippen LogP contribution is 2.07. The summed E-state index contributed by atoms with van der Waals surface area (Å²) in [5.41, 5.74) is 3.57. The van der Waals surface area contributed by atoms with Crippen molar-refractivity contribution in [2.24, 2.45) is 0 Å². The van der Waals surface area contributed by atoms with Gasteiger partial charge in [-0.05, 0) is 19.1 Å². The van der Waals surface area contributed by atoms with Crippen LogP contribution in [0, 0.1) is 11.3 Å². The summed E-state index contributed by atoms with van der Waals surface area (Å²) in [5.74, 6) is 0.823. The van der Waals surface area contributed by atoms with Gasteiger partial charge in [0.1, 0.15) is 11.9 Å². The van der Waals surface area contributed by atoms with Crippen molar-refractivity contribution in [3.05, 3.63) is 23.9 Å². The van der Waals surface area contributed by atoms with E-state index < -0.39 is 0 Å². The van der Waals surface area contributed by atoms with E-state index in [0.29, 0.717) is 5.56 Å². The lowest BCUT2D eigenvalue weighted by molar-refractivity contribution is 0.714. The third-order valence-electron chi connectivity index (χ3n) is 1.74. The molecule has 1 N–H and O–H groups in total. The Bertz CT molecular complexity index is 294. The average molecular weight is 176 g/mol. The van der Waals surface area contributed by atoms with Crippen molar-refractivity contribution in [2.75, 3.05) is 18.6 Å². The van der Waals surface area contributed by atoms with Crippen molar-refractivity contribution >= 4 is 5.82 Å². The maximum atomic E-state index is 8.56. The van der Waals surface area contributed by atoms with Gasteiger partial charge in [0.15, 0.2) is 0 Å². The van der Waals surface area contributed by atoms with Gasteiger partial charge in [0, 0.05) is 19.8 Å². The predicted molar refractivity (Wildman–Crippen MR) is 51.0 cm³/mol. The third kappa shape index (κ3) is 2.17. The summed E-state index contributed by atoms with van der Waals surface area (Å²) in [7, 11) is 1.84. The molecular weight excluding hydrogens is 164 g/mol. The van der Waals surface area contributed by atoms with Crippen molar-refractivity contribution < 1.29 is 0 Å². The lowest BCUT2D eigenvalue weighted by Crippen LogP contribution is -2.35. The molecule has 1 heterocycles. The van der Waals surface area contributed by atoms with Crippen LogP contribution >= 0.6 is 0 Å². The highest BCUT2D eigenvalue weighted by atomic mass is 15.5. The number of nitrogens with one attached hydrogen (secondary N) is 1. The van der Waals surface area contributed by atoms with Crippen LogP contribution in [-0.4, -0.2) is 18.6 Å². The van der Waals surface area contributed by atoms with Gasteiger partial charge in [0.05, 0.1) is 5.56 Å². The van der Waals surface area contributed by atoms with Gasteiger partial charge in [-0.2, -0.15) is 5.26 Å². The zero-order valence-corrected chi connectivity index (χ0v) is 7.78. The Morgan fingerprint density at radius 1 is 1.62 bits per heavy atom. The van der Waals surface area contributed by atoms with E-state index in [-0.39, 0.29) is 0 Å². The molecule has 1 rings (SSSR count). The van der Waals surface area contributed by atoms with Crippen LogP contribution in [0.3, 0.4) is 0 Å². The SMILES string of the molecule is CCN(NC)c1ccc(C#N)cn1.